The Morgan fingerprint density at radius 3 is 3.11 bits per heavy atom. The molecule has 0 spiro atoms. The minimum atomic E-state index is 0.213. The van der Waals surface area contributed by atoms with Gasteiger partial charge in [0.2, 0.25) is 5.91 Å². The summed E-state index contributed by atoms with van der Waals surface area (Å²) in [6.45, 7) is 0.916. The lowest BCUT2D eigenvalue weighted by Gasteiger charge is -2.23. The maximum atomic E-state index is 12.2. The van der Waals surface area contributed by atoms with Gasteiger partial charge in [0.25, 0.3) is 0 Å². The van der Waals surface area contributed by atoms with Crippen LogP contribution in [0.15, 0.2) is 23.8 Å². The summed E-state index contributed by atoms with van der Waals surface area (Å²) >= 11 is 0. The third kappa shape index (κ3) is 3.99. The summed E-state index contributed by atoms with van der Waals surface area (Å²) in [5.41, 5.74) is 1.27. The molecule has 1 saturated heterocycles. The molecule has 19 heavy (non-hydrogen) atoms. The summed E-state index contributed by atoms with van der Waals surface area (Å²) in [7, 11) is 0. The van der Waals surface area contributed by atoms with Crippen molar-refractivity contribution in [3.05, 3.63) is 23.8 Å². The van der Waals surface area contributed by atoms with Gasteiger partial charge in [-0.15, -0.1) is 12.3 Å². The molecule has 2 heteroatoms. The average Bonchev–Trinajstić information content (AvgIpc) is 2.84. The highest BCUT2D eigenvalue weighted by Crippen LogP contribution is 2.23. The van der Waals surface area contributed by atoms with Crippen LogP contribution in [0.2, 0.25) is 0 Å². The second kappa shape index (κ2) is 7.19. The van der Waals surface area contributed by atoms with Crippen LogP contribution in [-0.4, -0.2) is 23.4 Å². The molecule has 0 saturated carbocycles. The van der Waals surface area contributed by atoms with Gasteiger partial charge in [0.15, 0.2) is 0 Å². The van der Waals surface area contributed by atoms with E-state index in [1.165, 1.54) is 5.57 Å². The molecule has 0 aromatic carbocycles. The van der Waals surface area contributed by atoms with Gasteiger partial charge in [0, 0.05) is 19.0 Å². The van der Waals surface area contributed by atoms with Gasteiger partial charge in [-0.25, -0.2) is 0 Å². The molecule has 0 unspecified atom stereocenters. The van der Waals surface area contributed by atoms with E-state index in [4.69, 9.17) is 6.42 Å². The zero-order valence-corrected chi connectivity index (χ0v) is 11.6. The molecule has 2 aliphatic heterocycles. The Labute approximate surface area is 116 Å². The fourth-order valence-corrected chi connectivity index (χ4v) is 2.89. The lowest BCUT2D eigenvalue weighted by Crippen LogP contribution is -2.33. The number of allylic oxidation sites excluding steroid dienone is 2. The first-order valence-corrected chi connectivity index (χ1v) is 7.41. The summed E-state index contributed by atoms with van der Waals surface area (Å²) < 4.78 is 0. The van der Waals surface area contributed by atoms with Gasteiger partial charge in [0.05, 0.1) is 6.04 Å². The first kappa shape index (κ1) is 13.9. The molecule has 2 heterocycles. The number of terminal acetylenes is 1. The molecule has 0 N–H and O–H groups in total. The second-order valence-corrected chi connectivity index (χ2v) is 5.44. The molecule has 0 radical (unpaired) electrons. The molecule has 2 aliphatic rings. The largest absolute Gasteiger partial charge is 0.333 e. The van der Waals surface area contributed by atoms with Crippen molar-refractivity contribution in [3.63, 3.8) is 0 Å². The Bertz CT molecular complexity index is 413. The molecule has 1 atom stereocenters. The van der Waals surface area contributed by atoms with E-state index < -0.39 is 0 Å². The fourth-order valence-electron chi connectivity index (χ4n) is 2.89. The van der Waals surface area contributed by atoms with Crippen LogP contribution in [0, 0.1) is 12.3 Å². The Hall–Kier alpha value is -1.49. The fraction of sp³-hybridized carbons (Fsp3) is 0.588. The predicted octanol–water partition coefficient (Wildman–Crippen LogP) is 3.45. The number of unbranched alkanes of at least 4 members (excludes halogenated alkanes) is 3. The zero-order chi connectivity index (χ0) is 13.5. The molecule has 1 amide bonds. The maximum absolute atomic E-state index is 12.2. The maximum Gasteiger partial charge on any atom is 0.247 e. The molecule has 2 nitrogen and oxygen atoms in total. The van der Waals surface area contributed by atoms with Crippen LogP contribution in [-0.2, 0) is 4.79 Å². The highest BCUT2D eigenvalue weighted by molar-refractivity contribution is 5.89. The van der Waals surface area contributed by atoms with E-state index >= 15 is 0 Å². The summed E-state index contributed by atoms with van der Waals surface area (Å²) in [4.78, 5) is 14.2. The quantitative estimate of drug-likeness (QED) is 0.420. The number of fused-ring (bicyclic) bond motifs is 1. The highest BCUT2D eigenvalue weighted by Gasteiger charge is 2.26. The van der Waals surface area contributed by atoms with Crippen LogP contribution in [0.3, 0.4) is 0 Å². The van der Waals surface area contributed by atoms with Crippen LogP contribution in [0.1, 0.15) is 51.4 Å². The standard InChI is InChI=1S/C17H23NO/c1-2-3-4-5-6-9-15-10-7-11-16-12-8-13-18(16)17(19)14-15/h1,7,11,14,16H,3-6,8-10,12-13H2/b11-7-,15-14-/t16-/m1/s1. The molecular weight excluding hydrogens is 234 g/mol. The van der Waals surface area contributed by atoms with Gasteiger partial charge in [0.1, 0.15) is 0 Å². The van der Waals surface area contributed by atoms with Gasteiger partial charge in [-0.1, -0.05) is 24.1 Å². The second-order valence-electron chi connectivity index (χ2n) is 5.44. The molecule has 0 aliphatic carbocycles. The number of nitrogens with zero attached hydrogens (tertiary/aromatic N) is 1. The van der Waals surface area contributed by atoms with Gasteiger partial charge >= 0.3 is 0 Å². The average molecular weight is 257 g/mol. The van der Waals surface area contributed by atoms with Crippen molar-refractivity contribution in [2.75, 3.05) is 6.54 Å². The first-order chi connectivity index (χ1) is 9.31. The Morgan fingerprint density at radius 2 is 2.26 bits per heavy atom. The number of hydrogen-bond acceptors (Lipinski definition) is 1. The van der Waals surface area contributed by atoms with Crippen molar-refractivity contribution >= 4 is 5.91 Å². The van der Waals surface area contributed by atoms with E-state index in [9.17, 15) is 4.79 Å². The first-order valence-electron chi connectivity index (χ1n) is 7.41. The predicted molar refractivity (Wildman–Crippen MR) is 78.5 cm³/mol. The molecule has 102 valence electrons. The van der Waals surface area contributed by atoms with E-state index in [-0.39, 0.29) is 5.91 Å². The highest BCUT2D eigenvalue weighted by atomic mass is 16.2. The minimum Gasteiger partial charge on any atom is -0.333 e. The normalized spacial score (nSPS) is 26.9. The molecular formula is C17H23NO. The van der Waals surface area contributed by atoms with Crippen molar-refractivity contribution in [2.24, 2.45) is 0 Å². The van der Waals surface area contributed by atoms with Crippen molar-refractivity contribution in [1.29, 1.82) is 0 Å². The molecule has 0 aromatic rings. The monoisotopic (exact) mass is 257 g/mol. The van der Waals surface area contributed by atoms with Crippen LogP contribution >= 0.6 is 0 Å². The number of amides is 1. The van der Waals surface area contributed by atoms with Crippen molar-refractivity contribution in [2.45, 2.75) is 57.4 Å². The summed E-state index contributed by atoms with van der Waals surface area (Å²) in [6.07, 6.45) is 20.1. The Kier molecular flexibility index (Phi) is 5.27. The SMILES string of the molecule is C#CCCCCC/C1=C/C(=O)N2CCC[C@H]2/C=C\C1. The third-order valence-electron chi connectivity index (χ3n) is 3.97. The van der Waals surface area contributed by atoms with Gasteiger partial charge in [-0.3, -0.25) is 4.79 Å². The van der Waals surface area contributed by atoms with Crippen molar-refractivity contribution in [3.8, 4) is 12.3 Å². The molecule has 2 rings (SSSR count). The van der Waals surface area contributed by atoms with E-state index in [1.54, 1.807) is 0 Å². The number of hydrogen-bond donors (Lipinski definition) is 0. The number of carbonyl (C=O) groups is 1. The zero-order valence-electron chi connectivity index (χ0n) is 11.6. The lowest BCUT2D eigenvalue weighted by molar-refractivity contribution is -0.126. The Morgan fingerprint density at radius 1 is 1.37 bits per heavy atom. The van der Waals surface area contributed by atoms with Crippen LogP contribution in [0.4, 0.5) is 0 Å². The van der Waals surface area contributed by atoms with Crippen LogP contribution < -0.4 is 0 Å². The van der Waals surface area contributed by atoms with Crippen molar-refractivity contribution < 1.29 is 4.79 Å². The summed E-state index contributed by atoms with van der Waals surface area (Å²) in [5.74, 6) is 2.88. The lowest BCUT2D eigenvalue weighted by atomic mass is 10.0. The van der Waals surface area contributed by atoms with Gasteiger partial charge in [-0.05, 0) is 38.5 Å². The molecule has 0 bridgehead atoms. The van der Waals surface area contributed by atoms with Gasteiger partial charge in [-0.2, -0.15) is 0 Å². The third-order valence-corrected chi connectivity index (χ3v) is 3.97. The summed E-state index contributed by atoms with van der Waals surface area (Å²) in [6, 6.07) is 0.348. The molecule has 1 fully saturated rings. The smallest absolute Gasteiger partial charge is 0.247 e. The van der Waals surface area contributed by atoms with Gasteiger partial charge < -0.3 is 4.90 Å². The minimum absolute atomic E-state index is 0.213. The number of carbonyl (C=O) groups excluding carboxylic acids is 1. The Balaban J connectivity index is 1.85. The van der Waals surface area contributed by atoms with E-state index in [0.29, 0.717) is 6.04 Å². The van der Waals surface area contributed by atoms with Crippen molar-refractivity contribution in [1.82, 2.24) is 4.90 Å². The van der Waals surface area contributed by atoms with E-state index in [1.807, 2.05) is 11.0 Å². The van der Waals surface area contributed by atoms with E-state index in [0.717, 1.165) is 57.9 Å². The molecule has 0 aromatic heterocycles. The van der Waals surface area contributed by atoms with E-state index in [2.05, 4.69) is 18.1 Å². The topological polar surface area (TPSA) is 20.3 Å². The number of rotatable bonds is 5. The summed E-state index contributed by atoms with van der Waals surface area (Å²) in [5, 5.41) is 0. The van der Waals surface area contributed by atoms with Crippen LogP contribution in [0.5, 0.6) is 0 Å². The van der Waals surface area contributed by atoms with Crippen LogP contribution in [0.25, 0.3) is 0 Å².